The summed E-state index contributed by atoms with van der Waals surface area (Å²) in [4.78, 5) is 6.49. The van der Waals surface area contributed by atoms with E-state index in [0.29, 0.717) is 11.9 Å². The Bertz CT molecular complexity index is 555. The van der Waals surface area contributed by atoms with E-state index in [1.165, 1.54) is 17.7 Å². The topological polar surface area (TPSA) is 54.2 Å². The molecule has 1 saturated heterocycles. The van der Waals surface area contributed by atoms with E-state index < -0.39 is 0 Å². The molecule has 0 spiro atoms. The van der Waals surface area contributed by atoms with E-state index >= 15 is 0 Å². The van der Waals surface area contributed by atoms with Gasteiger partial charge in [-0.25, -0.2) is 4.98 Å². The summed E-state index contributed by atoms with van der Waals surface area (Å²) < 4.78 is 0. The van der Waals surface area contributed by atoms with Crippen LogP contribution in [0.15, 0.2) is 48.7 Å². The standard InChI is InChI=1S/C16H20N4/c17-16-10-13(6-8-18-16)11-20-9-7-15(12-20)19-14-4-2-1-3-5-14/h1-6,8,10,15,19H,7,9,11-12H2,(H2,17,18). The molecule has 1 atom stereocenters. The Hall–Kier alpha value is -2.07. The first-order valence-corrected chi connectivity index (χ1v) is 7.04. The lowest BCUT2D eigenvalue weighted by Crippen LogP contribution is -2.26. The fourth-order valence-electron chi connectivity index (χ4n) is 2.72. The van der Waals surface area contributed by atoms with Crippen molar-refractivity contribution in [1.29, 1.82) is 0 Å². The zero-order valence-electron chi connectivity index (χ0n) is 11.5. The van der Waals surface area contributed by atoms with Crippen LogP contribution in [0.4, 0.5) is 11.5 Å². The Morgan fingerprint density at radius 1 is 1.25 bits per heavy atom. The van der Waals surface area contributed by atoms with Gasteiger partial charge in [-0.15, -0.1) is 0 Å². The zero-order valence-corrected chi connectivity index (χ0v) is 11.5. The van der Waals surface area contributed by atoms with Crippen LogP contribution < -0.4 is 11.1 Å². The molecule has 1 fully saturated rings. The first kappa shape index (κ1) is 12.9. The van der Waals surface area contributed by atoms with Crippen LogP contribution in [0.3, 0.4) is 0 Å². The summed E-state index contributed by atoms with van der Waals surface area (Å²) in [7, 11) is 0. The van der Waals surface area contributed by atoms with Crippen molar-refractivity contribution in [2.45, 2.75) is 19.0 Å². The lowest BCUT2D eigenvalue weighted by molar-refractivity contribution is 0.328. The molecule has 1 aromatic carbocycles. The Balaban J connectivity index is 1.54. The highest BCUT2D eigenvalue weighted by atomic mass is 15.2. The molecule has 20 heavy (non-hydrogen) atoms. The van der Waals surface area contributed by atoms with Gasteiger partial charge in [0.15, 0.2) is 0 Å². The molecule has 1 aliphatic heterocycles. The number of pyridine rings is 1. The van der Waals surface area contributed by atoms with Crippen LogP contribution in [0.25, 0.3) is 0 Å². The number of anilines is 2. The second kappa shape index (κ2) is 5.92. The fraction of sp³-hybridized carbons (Fsp3) is 0.312. The number of benzene rings is 1. The van der Waals surface area contributed by atoms with Gasteiger partial charge < -0.3 is 11.1 Å². The first-order valence-electron chi connectivity index (χ1n) is 7.04. The van der Waals surface area contributed by atoms with Crippen LogP contribution in [0.5, 0.6) is 0 Å². The molecule has 0 radical (unpaired) electrons. The third kappa shape index (κ3) is 3.27. The summed E-state index contributed by atoms with van der Waals surface area (Å²) in [6, 6.07) is 14.9. The fourth-order valence-corrected chi connectivity index (χ4v) is 2.72. The number of hydrogen-bond acceptors (Lipinski definition) is 4. The molecule has 1 unspecified atom stereocenters. The highest BCUT2D eigenvalue weighted by molar-refractivity contribution is 5.43. The molecule has 0 saturated carbocycles. The van der Waals surface area contributed by atoms with Crippen LogP contribution in [-0.2, 0) is 6.54 Å². The maximum atomic E-state index is 5.72. The minimum absolute atomic E-state index is 0.525. The largest absolute Gasteiger partial charge is 0.384 e. The molecule has 1 aliphatic rings. The van der Waals surface area contributed by atoms with Crippen LogP contribution >= 0.6 is 0 Å². The normalized spacial score (nSPS) is 19.1. The van der Waals surface area contributed by atoms with Gasteiger partial charge >= 0.3 is 0 Å². The third-order valence-electron chi connectivity index (χ3n) is 3.67. The van der Waals surface area contributed by atoms with Gasteiger partial charge in [0.2, 0.25) is 0 Å². The van der Waals surface area contributed by atoms with E-state index in [-0.39, 0.29) is 0 Å². The van der Waals surface area contributed by atoms with Crippen molar-refractivity contribution in [2.24, 2.45) is 0 Å². The monoisotopic (exact) mass is 268 g/mol. The average Bonchev–Trinajstić information content (AvgIpc) is 2.87. The number of nitrogen functional groups attached to an aromatic ring is 1. The van der Waals surface area contributed by atoms with Gasteiger partial charge in [-0.1, -0.05) is 18.2 Å². The highest BCUT2D eigenvalue weighted by Gasteiger charge is 2.22. The number of hydrogen-bond donors (Lipinski definition) is 2. The molecule has 4 heteroatoms. The van der Waals surface area contributed by atoms with E-state index in [2.05, 4.69) is 39.5 Å². The molecular formula is C16H20N4. The van der Waals surface area contributed by atoms with E-state index in [1.54, 1.807) is 6.20 Å². The summed E-state index contributed by atoms with van der Waals surface area (Å²) in [5, 5.41) is 3.59. The minimum Gasteiger partial charge on any atom is -0.384 e. The van der Waals surface area contributed by atoms with Crippen LogP contribution in [0.1, 0.15) is 12.0 Å². The van der Waals surface area contributed by atoms with Gasteiger partial charge in [0.05, 0.1) is 0 Å². The van der Waals surface area contributed by atoms with Crippen molar-refractivity contribution in [2.75, 3.05) is 24.1 Å². The van der Waals surface area contributed by atoms with Gasteiger partial charge in [-0.3, -0.25) is 4.90 Å². The van der Waals surface area contributed by atoms with E-state index in [9.17, 15) is 0 Å². The molecule has 1 aromatic heterocycles. The maximum Gasteiger partial charge on any atom is 0.123 e. The molecular weight excluding hydrogens is 248 g/mol. The predicted molar refractivity (Wildman–Crippen MR) is 82.4 cm³/mol. The first-order chi connectivity index (χ1) is 9.79. The van der Waals surface area contributed by atoms with Crippen molar-refractivity contribution in [3.63, 3.8) is 0 Å². The van der Waals surface area contributed by atoms with Crippen molar-refractivity contribution in [1.82, 2.24) is 9.88 Å². The summed E-state index contributed by atoms with van der Waals surface area (Å²) in [6.45, 7) is 3.13. The number of rotatable bonds is 4. The molecule has 4 nitrogen and oxygen atoms in total. The molecule has 2 aromatic rings. The minimum atomic E-state index is 0.525. The number of para-hydroxylation sites is 1. The summed E-state index contributed by atoms with van der Waals surface area (Å²) >= 11 is 0. The average molecular weight is 268 g/mol. The van der Waals surface area contributed by atoms with E-state index in [4.69, 9.17) is 5.73 Å². The van der Waals surface area contributed by atoms with Crippen molar-refractivity contribution < 1.29 is 0 Å². The molecule has 3 rings (SSSR count). The van der Waals surface area contributed by atoms with Gasteiger partial charge in [0, 0.05) is 37.6 Å². The van der Waals surface area contributed by atoms with Gasteiger partial charge in [-0.05, 0) is 36.2 Å². The van der Waals surface area contributed by atoms with E-state index in [0.717, 1.165) is 19.6 Å². The van der Waals surface area contributed by atoms with Crippen molar-refractivity contribution >= 4 is 11.5 Å². The lowest BCUT2D eigenvalue weighted by atomic mass is 10.2. The Morgan fingerprint density at radius 2 is 2.10 bits per heavy atom. The number of nitrogens with zero attached hydrogens (tertiary/aromatic N) is 2. The molecule has 0 bridgehead atoms. The Morgan fingerprint density at radius 3 is 2.90 bits per heavy atom. The second-order valence-corrected chi connectivity index (χ2v) is 5.32. The lowest BCUT2D eigenvalue weighted by Gasteiger charge is -2.17. The van der Waals surface area contributed by atoms with Gasteiger partial charge in [-0.2, -0.15) is 0 Å². The number of nitrogens with one attached hydrogen (secondary N) is 1. The SMILES string of the molecule is Nc1cc(CN2CCC(Nc3ccccc3)C2)ccn1. The Labute approximate surface area is 119 Å². The number of aromatic nitrogens is 1. The van der Waals surface area contributed by atoms with E-state index in [1.807, 2.05) is 18.2 Å². The van der Waals surface area contributed by atoms with Crippen LogP contribution in [-0.4, -0.2) is 29.0 Å². The number of nitrogens with two attached hydrogens (primary N) is 1. The summed E-state index contributed by atoms with van der Waals surface area (Å²) in [5.74, 6) is 0.598. The summed E-state index contributed by atoms with van der Waals surface area (Å²) in [5.41, 5.74) is 8.16. The predicted octanol–water partition coefficient (Wildman–Crippen LogP) is 2.35. The summed E-state index contributed by atoms with van der Waals surface area (Å²) in [6.07, 6.45) is 2.95. The molecule has 2 heterocycles. The van der Waals surface area contributed by atoms with Gasteiger partial charge in [0.1, 0.15) is 5.82 Å². The van der Waals surface area contributed by atoms with Gasteiger partial charge in [0.25, 0.3) is 0 Å². The third-order valence-corrected chi connectivity index (χ3v) is 3.67. The molecule has 104 valence electrons. The van der Waals surface area contributed by atoms with Crippen molar-refractivity contribution in [3.05, 3.63) is 54.2 Å². The molecule has 0 aliphatic carbocycles. The van der Waals surface area contributed by atoms with Crippen LogP contribution in [0, 0.1) is 0 Å². The zero-order chi connectivity index (χ0) is 13.8. The van der Waals surface area contributed by atoms with Crippen molar-refractivity contribution in [3.8, 4) is 0 Å². The molecule has 0 amide bonds. The molecule has 3 N–H and O–H groups in total. The quantitative estimate of drug-likeness (QED) is 0.893. The smallest absolute Gasteiger partial charge is 0.123 e. The maximum absolute atomic E-state index is 5.72. The highest BCUT2D eigenvalue weighted by Crippen LogP contribution is 2.18. The number of likely N-dealkylation sites (tertiary alicyclic amines) is 1. The van der Waals surface area contributed by atoms with Crippen LogP contribution in [0.2, 0.25) is 0 Å². The Kier molecular flexibility index (Phi) is 3.83. The second-order valence-electron chi connectivity index (χ2n) is 5.32.